The van der Waals surface area contributed by atoms with Crippen LogP contribution in [0, 0.1) is 0 Å². The number of hydrogen-bond acceptors (Lipinski definition) is 2. The van der Waals surface area contributed by atoms with E-state index in [1.165, 1.54) is 0 Å². The van der Waals surface area contributed by atoms with E-state index in [1.807, 2.05) is 32.9 Å². The van der Waals surface area contributed by atoms with Crippen molar-refractivity contribution in [3.8, 4) is 5.75 Å². The number of hydrogen-bond donors (Lipinski definition) is 2. The molecule has 0 spiro atoms. The Labute approximate surface area is 113 Å². The van der Waals surface area contributed by atoms with E-state index in [1.54, 1.807) is 13.2 Å². The summed E-state index contributed by atoms with van der Waals surface area (Å²) in [6, 6.07) is 5.46. The molecule has 1 rings (SSSR count). The van der Waals surface area contributed by atoms with Crippen LogP contribution in [0.15, 0.2) is 23.2 Å². The number of nitrogens with two attached hydrogens (primary N) is 1. The maximum absolute atomic E-state index is 5.89. The van der Waals surface area contributed by atoms with Gasteiger partial charge in [0.2, 0.25) is 0 Å². The first kappa shape index (κ1) is 14.6. The average molecular weight is 270 g/mol. The van der Waals surface area contributed by atoms with Gasteiger partial charge in [0.05, 0.1) is 13.7 Å². The minimum absolute atomic E-state index is 0.0995. The van der Waals surface area contributed by atoms with Gasteiger partial charge in [-0.2, -0.15) is 0 Å². The molecule has 0 unspecified atom stereocenters. The van der Waals surface area contributed by atoms with Crippen LogP contribution in [0.3, 0.4) is 0 Å². The molecule has 5 heteroatoms. The largest absolute Gasteiger partial charge is 0.496 e. The van der Waals surface area contributed by atoms with E-state index in [0.717, 1.165) is 11.3 Å². The number of halogens is 1. The van der Waals surface area contributed by atoms with Crippen molar-refractivity contribution in [1.82, 2.24) is 5.32 Å². The highest BCUT2D eigenvalue weighted by molar-refractivity contribution is 6.30. The zero-order valence-corrected chi connectivity index (χ0v) is 12.0. The number of methoxy groups -OCH3 is 1. The van der Waals surface area contributed by atoms with Gasteiger partial charge in [-0.1, -0.05) is 17.7 Å². The Morgan fingerprint density at radius 1 is 1.44 bits per heavy atom. The minimum atomic E-state index is -0.0995. The molecule has 0 aliphatic rings. The predicted octanol–water partition coefficient (Wildman–Crippen LogP) is 2.55. The number of benzene rings is 1. The maximum Gasteiger partial charge on any atom is 0.189 e. The Bertz CT molecular complexity index is 438. The van der Waals surface area contributed by atoms with E-state index >= 15 is 0 Å². The molecule has 1 aromatic rings. The molecule has 4 nitrogen and oxygen atoms in total. The molecule has 0 aromatic heterocycles. The van der Waals surface area contributed by atoms with Gasteiger partial charge >= 0.3 is 0 Å². The third-order valence-electron chi connectivity index (χ3n) is 2.17. The normalized spacial score (nSPS) is 12.4. The van der Waals surface area contributed by atoms with Crippen LogP contribution >= 0.6 is 11.6 Å². The van der Waals surface area contributed by atoms with E-state index in [0.29, 0.717) is 17.5 Å². The molecule has 1 aromatic carbocycles. The Hall–Kier alpha value is -1.42. The zero-order valence-electron chi connectivity index (χ0n) is 11.2. The third kappa shape index (κ3) is 4.84. The first-order chi connectivity index (χ1) is 8.31. The summed E-state index contributed by atoms with van der Waals surface area (Å²) < 4.78 is 5.24. The van der Waals surface area contributed by atoms with E-state index in [9.17, 15) is 0 Å². The number of nitrogens with zero attached hydrogens (tertiary/aromatic N) is 1. The number of ether oxygens (including phenoxy) is 1. The lowest BCUT2D eigenvalue weighted by Gasteiger charge is -2.21. The number of nitrogens with one attached hydrogen (secondary N) is 1. The summed E-state index contributed by atoms with van der Waals surface area (Å²) in [5.74, 6) is 1.13. The van der Waals surface area contributed by atoms with Crippen LogP contribution in [0.4, 0.5) is 0 Å². The predicted molar refractivity (Wildman–Crippen MR) is 76.2 cm³/mol. The van der Waals surface area contributed by atoms with Crippen LogP contribution in [-0.4, -0.2) is 18.6 Å². The summed E-state index contributed by atoms with van der Waals surface area (Å²) >= 11 is 5.89. The monoisotopic (exact) mass is 269 g/mol. The van der Waals surface area contributed by atoms with Gasteiger partial charge in [-0.15, -0.1) is 0 Å². The zero-order chi connectivity index (χ0) is 13.8. The molecule has 18 heavy (non-hydrogen) atoms. The molecule has 0 fully saturated rings. The van der Waals surface area contributed by atoms with Crippen molar-refractivity contribution in [2.24, 2.45) is 10.7 Å². The topological polar surface area (TPSA) is 59.6 Å². The Morgan fingerprint density at radius 3 is 2.67 bits per heavy atom. The standard InChI is InChI=1S/C13H20ClN3O/c1-13(2,3)17-12(15)16-8-9-5-6-10(14)7-11(9)18-4/h5-7H,8H2,1-4H3,(H3,15,16,17). The van der Waals surface area contributed by atoms with Gasteiger partial charge in [0.25, 0.3) is 0 Å². The lowest BCUT2D eigenvalue weighted by Crippen LogP contribution is -2.44. The molecule has 0 bridgehead atoms. The molecule has 0 amide bonds. The van der Waals surface area contributed by atoms with Gasteiger partial charge in [-0.3, -0.25) is 0 Å². The Morgan fingerprint density at radius 2 is 2.11 bits per heavy atom. The van der Waals surface area contributed by atoms with Crippen LogP contribution < -0.4 is 15.8 Å². The first-order valence-electron chi connectivity index (χ1n) is 5.72. The van der Waals surface area contributed by atoms with Gasteiger partial charge in [0.15, 0.2) is 5.96 Å². The summed E-state index contributed by atoms with van der Waals surface area (Å²) in [6.45, 7) is 6.53. The highest BCUT2D eigenvalue weighted by Crippen LogP contribution is 2.23. The van der Waals surface area contributed by atoms with Crippen molar-refractivity contribution < 1.29 is 4.74 Å². The fourth-order valence-corrected chi connectivity index (χ4v) is 1.61. The van der Waals surface area contributed by atoms with Crippen molar-refractivity contribution in [2.45, 2.75) is 32.9 Å². The molecule has 0 saturated carbocycles. The summed E-state index contributed by atoms with van der Waals surface area (Å²) in [4.78, 5) is 4.28. The average Bonchev–Trinajstić information content (AvgIpc) is 2.24. The van der Waals surface area contributed by atoms with Crippen molar-refractivity contribution in [3.05, 3.63) is 28.8 Å². The SMILES string of the molecule is COc1cc(Cl)ccc1CN=C(N)NC(C)(C)C. The second-order valence-corrected chi connectivity index (χ2v) is 5.47. The van der Waals surface area contributed by atoms with Gasteiger partial charge < -0.3 is 15.8 Å². The van der Waals surface area contributed by atoms with Crippen LogP contribution in [-0.2, 0) is 6.54 Å². The summed E-state index contributed by atoms with van der Waals surface area (Å²) in [5, 5.41) is 3.74. The van der Waals surface area contributed by atoms with E-state index in [4.69, 9.17) is 22.1 Å². The number of aliphatic imine (C=N–C) groups is 1. The van der Waals surface area contributed by atoms with Crippen LogP contribution in [0.2, 0.25) is 5.02 Å². The quantitative estimate of drug-likeness (QED) is 0.655. The van der Waals surface area contributed by atoms with Crippen LogP contribution in [0.5, 0.6) is 5.75 Å². The maximum atomic E-state index is 5.89. The fraction of sp³-hybridized carbons (Fsp3) is 0.462. The van der Waals surface area contributed by atoms with Crippen LogP contribution in [0.25, 0.3) is 0 Å². The molecule has 0 radical (unpaired) electrons. The van der Waals surface area contributed by atoms with Gasteiger partial charge in [-0.05, 0) is 32.9 Å². The number of guanidine groups is 1. The van der Waals surface area contributed by atoms with E-state index in [2.05, 4.69) is 10.3 Å². The van der Waals surface area contributed by atoms with E-state index in [-0.39, 0.29) is 5.54 Å². The lowest BCUT2D eigenvalue weighted by atomic mass is 10.1. The molecule has 3 N–H and O–H groups in total. The van der Waals surface area contributed by atoms with Crippen LogP contribution in [0.1, 0.15) is 26.3 Å². The second kappa shape index (κ2) is 5.96. The van der Waals surface area contributed by atoms with Crippen molar-refractivity contribution in [3.63, 3.8) is 0 Å². The minimum Gasteiger partial charge on any atom is -0.496 e. The van der Waals surface area contributed by atoms with Crippen molar-refractivity contribution in [1.29, 1.82) is 0 Å². The Balaban J connectivity index is 2.76. The molecule has 100 valence electrons. The molecular formula is C13H20ClN3O. The smallest absolute Gasteiger partial charge is 0.189 e. The molecule has 0 atom stereocenters. The van der Waals surface area contributed by atoms with Crippen molar-refractivity contribution >= 4 is 17.6 Å². The fourth-order valence-electron chi connectivity index (χ4n) is 1.44. The summed E-state index contributed by atoms with van der Waals surface area (Å²) in [7, 11) is 1.61. The van der Waals surface area contributed by atoms with E-state index < -0.39 is 0 Å². The molecule has 0 heterocycles. The molecular weight excluding hydrogens is 250 g/mol. The molecule has 0 aliphatic carbocycles. The number of rotatable bonds is 3. The van der Waals surface area contributed by atoms with Crippen molar-refractivity contribution in [2.75, 3.05) is 7.11 Å². The molecule has 0 saturated heterocycles. The second-order valence-electron chi connectivity index (χ2n) is 5.03. The summed E-state index contributed by atoms with van der Waals surface area (Å²) in [5.41, 5.74) is 6.65. The third-order valence-corrected chi connectivity index (χ3v) is 2.41. The van der Waals surface area contributed by atoms with Gasteiger partial charge in [0.1, 0.15) is 5.75 Å². The Kier molecular flexibility index (Phi) is 4.84. The first-order valence-corrected chi connectivity index (χ1v) is 6.10. The van der Waals surface area contributed by atoms with Gasteiger partial charge in [-0.25, -0.2) is 4.99 Å². The summed E-state index contributed by atoms with van der Waals surface area (Å²) in [6.07, 6.45) is 0. The van der Waals surface area contributed by atoms with Gasteiger partial charge in [0, 0.05) is 16.1 Å². The lowest BCUT2D eigenvalue weighted by molar-refractivity contribution is 0.410. The highest BCUT2D eigenvalue weighted by atomic mass is 35.5. The highest BCUT2D eigenvalue weighted by Gasteiger charge is 2.10. The molecule has 0 aliphatic heterocycles.